The predicted molar refractivity (Wildman–Crippen MR) is 86.9 cm³/mol. The summed E-state index contributed by atoms with van der Waals surface area (Å²) in [4.78, 5) is 21.8. The van der Waals surface area contributed by atoms with Gasteiger partial charge in [-0.05, 0) is 58.0 Å². The van der Waals surface area contributed by atoms with Gasteiger partial charge in [0, 0.05) is 25.4 Å². The zero-order valence-electron chi connectivity index (χ0n) is 9.86. The molecule has 0 aliphatic carbocycles. The molecule has 0 unspecified atom stereocenters. The SMILES string of the molecule is O=C(O)CCCCCCn1cc(I)c(=O)c(I)c1. The van der Waals surface area contributed by atoms with Gasteiger partial charge in [-0.2, -0.15) is 0 Å². The van der Waals surface area contributed by atoms with E-state index in [1.807, 2.05) is 17.0 Å². The summed E-state index contributed by atoms with van der Waals surface area (Å²) < 4.78 is 3.51. The number of rotatable bonds is 7. The Labute approximate surface area is 133 Å². The van der Waals surface area contributed by atoms with Crippen molar-refractivity contribution in [2.45, 2.75) is 38.6 Å². The van der Waals surface area contributed by atoms with Crippen LogP contribution in [0.2, 0.25) is 0 Å². The Morgan fingerprint density at radius 1 is 1.11 bits per heavy atom. The van der Waals surface area contributed by atoms with Crippen molar-refractivity contribution in [1.29, 1.82) is 0 Å². The molecular formula is C12H15I2NO3. The molecule has 1 aromatic heterocycles. The number of pyridine rings is 1. The standard InChI is InChI=1S/C12H15I2NO3/c13-9-7-15(8-10(14)12(9)18)6-4-2-1-3-5-11(16)17/h7-8H,1-6H2,(H,16,17). The van der Waals surface area contributed by atoms with Gasteiger partial charge in [0.15, 0.2) is 0 Å². The molecule has 0 bridgehead atoms. The Bertz CT molecular complexity index is 445. The number of nitrogens with zero attached hydrogens (tertiary/aromatic N) is 1. The normalized spacial score (nSPS) is 10.6. The van der Waals surface area contributed by atoms with Crippen molar-refractivity contribution in [3.63, 3.8) is 0 Å². The third kappa shape index (κ3) is 5.68. The van der Waals surface area contributed by atoms with Gasteiger partial charge in [-0.3, -0.25) is 9.59 Å². The lowest BCUT2D eigenvalue weighted by Crippen LogP contribution is -2.13. The summed E-state index contributed by atoms with van der Waals surface area (Å²) >= 11 is 4.11. The fraction of sp³-hybridized carbons (Fsp3) is 0.500. The maximum absolute atomic E-state index is 11.5. The van der Waals surface area contributed by atoms with Crippen LogP contribution in [-0.4, -0.2) is 15.6 Å². The smallest absolute Gasteiger partial charge is 0.303 e. The first-order chi connectivity index (χ1) is 8.50. The molecule has 4 nitrogen and oxygen atoms in total. The highest BCUT2D eigenvalue weighted by atomic mass is 127. The molecule has 0 spiro atoms. The molecule has 0 amide bonds. The summed E-state index contributed by atoms with van der Waals surface area (Å²) in [6, 6.07) is 0. The van der Waals surface area contributed by atoms with E-state index in [9.17, 15) is 9.59 Å². The molecule has 1 N–H and O–H groups in total. The van der Waals surface area contributed by atoms with Crippen LogP contribution in [0.15, 0.2) is 17.2 Å². The lowest BCUT2D eigenvalue weighted by Gasteiger charge is -2.07. The predicted octanol–water partition coefficient (Wildman–Crippen LogP) is 3.09. The maximum Gasteiger partial charge on any atom is 0.303 e. The van der Waals surface area contributed by atoms with E-state index >= 15 is 0 Å². The molecule has 0 aliphatic heterocycles. The first-order valence-corrected chi connectivity index (χ1v) is 7.93. The van der Waals surface area contributed by atoms with E-state index in [-0.39, 0.29) is 11.8 Å². The third-order valence-electron chi connectivity index (χ3n) is 2.55. The summed E-state index contributed by atoms with van der Waals surface area (Å²) in [5, 5.41) is 8.50. The molecule has 0 fully saturated rings. The van der Waals surface area contributed by atoms with Crippen LogP contribution in [0, 0.1) is 7.14 Å². The number of hydrogen-bond acceptors (Lipinski definition) is 2. The van der Waals surface area contributed by atoms with Crippen LogP contribution in [-0.2, 0) is 11.3 Å². The van der Waals surface area contributed by atoms with E-state index in [0.717, 1.165) is 39.4 Å². The molecule has 6 heteroatoms. The van der Waals surface area contributed by atoms with Crippen molar-refractivity contribution in [2.75, 3.05) is 0 Å². The zero-order valence-corrected chi connectivity index (χ0v) is 14.2. The molecule has 0 aliphatic rings. The number of aromatic nitrogens is 1. The van der Waals surface area contributed by atoms with Crippen molar-refractivity contribution in [1.82, 2.24) is 4.57 Å². The van der Waals surface area contributed by atoms with Gasteiger partial charge in [0.1, 0.15) is 0 Å². The van der Waals surface area contributed by atoms with Gasteiger partial charge in [0.05, 0.1) is 7.14 Å². The Morgan fingerprint density at radius 2 is 1.67 bits per heavy atom. The maximum atomic E-state index is 11.5. The van der Waals surface area contributed by atoms with Gasteiger partial charge in [0.2, 0.25) is 5.43 Å². The fourth-order valence-corrected chi connectivity index (χ4v) is 3.43. The second-order valence-corrected chi connectivity index (χ2v) is 6.40. The van der Waals surface area contributed by atoms with Crippen LogP contribution in [0.3, 0.4) is 0 Å². The fourth-order valence-electron chi connectivity index (χ4n) is 1.61. The highest BCUT2D eigenvalue weighted by Gasteiger charge is 2.02. The number of carboxylic acids is 1. The van der Waals surface area contributed by atoms with Crippen LogP contribution in [0.4, 0.5) is 0 Å². The monoisotopic (exact) mass is 475 g/mol. The van der Waals surface area contributed by atoms with Gasteiger partial charge in [-0.1, -0.05) is 12.8 Å². The number of unbranched alkanes of at least 4 members (excludes halogenated alkanes) is 3. The molecule has 100 valence electrons. The van der Waals surface area contributed by atoms with Crippen LogP contribution >= 0.6 is 45.2 Å². The van der Waals surface area contributed by atoms with E-state index in [4.69, 9.17) is 5.11 Å². The van der Waals surface area contributed by atoms with E-state index in [1.54, 1.807) is 0 Å². The first-order valence-electron chi connectivity index (χ1n) is 5.77. The zero-order chi connectivity index (χ0) is 13.5. The van der Waals surface area contributed by atoms with E-state index in [2.05, 4.69) is 45.2 Å². The topological polar surface area (TPSA) is 59.3 Å². The largest absolute Gasteiger partial charge is 0.481 e. The molecule has 1 aromatic rings. The molecule has 18 heavy (non-hydrogen) atoms. The highest BCUT2D eigenvalue weighted by molar-refractivity contribution is 14.1. The minimum absolute atomic E-state index is 0.0916. The molecule has 0 saturated carbocycles. The number of carbonyl (C=O) groups is 1. The van der Waals surface area contributed by atoms with Crippen LogP contribution in [0.1, 0.15) is 32.1 Å². The molecule has 1 heterocycles. The Morgan fingerprint density at radius 3 is 2.22 bits per heavy atom. The number of carboxylic acid groups (broad SMARTS) is 1. The lowest BCUT2D eigenvalue weighted by atomic mass is 10.1. The van der Waals surface area contributed by atoms with Crippen molar-refractivity contribution < 1.29 is 9.90 Å². The highest BCUT2D eigenvalue weighted by Crippen LogP contribution is 2.08. The minimum atomic E-state index is -0.723. The average Bonchev–Trinajstić information content (AvgIpc) is 2.30. The number of hydrogen-bond donors (Lipinski definition) is 1. The Hall–Kier alpha value is -0.120. The summed E-state index contributed by atoms with van der Waals surface area (Å²) in [6.07, 6.45) is 7.70. The molecule has 0 atom stereocenters. The van der Waals surface area contributed by atoms with E-state index in [1.165, 1.54) is 0 Å². The number of aryl methyl sites for hydroxylation is 1. The van der Waals surface area contributed by atoms with Crippen LogP contribution in [0.25, 0.3) is 0 Å². The second kappa shape index (κ2) is 8.13. The third-order valence-corrected chi connectivity index (χ3v) is 4.09. The average molecular weight is 475 g/mol. The molecule has 0 aromatic carbocycles. The minimum Gasteiger partial charge on any atom is -0.481 e. The van der Waals surface area contributed by atoms with E-state index < -0.39 is 5.97 Å². The molecular weight excluding hydrogens is 460 g/mol. The summed E-state index contributed by atoms with van der Waals surface area (Å²) in [7, 11) is 0. The number of halogens is 2. The van der Waals surface area contributed by atoms with Gasteiger partial charge < -0.3 is 9.67 Å². The van der Waals surface area contributed by atoms with Crippen LogP contribution in [0.5, 0.6) is 0 Å². The summed E-state index contributed by atoms with van der Waals surface area (Å²) in [6.45, 7) is 0.874. The van der Waals surface area contributed by atoms with Gasteiger partial charge in [-0.25, -0.2) is 0 Å². The molecule has 0 saturated heterocycles. The summed E-state index contributed by atoms with van der Waals surface area (Å²) in [5.41, 5.74) is 0.0916. The van der Waals surface area contributed by atoms with Crippen molar-refractivity contribution in [2.24, 2.45) is 0 Å². The van der Waals surface area contributed by atoms with Gasteiger partial charge in [-0.15, -0.1) is 0 Å². The van der Waals surface area contributed by atoms with Gasteiger partial charge in [0.25, 0.3) is 0 Å². The second-order valence-electron chi connectivity index (χ2n) is 4.08. The molecule has 0 radical (unpaired) electrons. The van der Waals surface area contributed by atoms with Crippen LogP contribution < -0.4 is 5.43 Å². The molecule has 1 rings (SSSR count). The first kappa shape index (κ1) is 15.9. The quantitative estimate of drug-likeness (QED) is 0.488. The summed E-state index contributed by atoms with van der Waals surface area (Å²) in [5.74, 6) is -0.723. The van der Waals surface area contributed by atoms with Crippen molar-refractivity contribution in [3.05, 3.63) is 29.8 Å². The Kier molecular flexibility index (Phi) is 7.20. The van der Waals surface area contributed by atoms with Gasteiger partial charge >= 0.3 is 5.97 Å². The van der Waals surface area contributed by atoms with E-state index in [0.29, 0.717) is 0 Å². The lowest BCUT2D eigenvalue weighted by molar-refractivity contribution is -0.137. The Balaban J connectivity index is 2.32. The van der Waals surface area contributed by atoms with Crippen molar-refractivity contribution >= 4 is 51.2 Å². The van der Waals surface area contributed by atoms with Crippen molar-refractivity contribution in [3.8, 4) is 0 Å². The number of aliphatic carboxylic acids is 1.